The smallest absolute Gasteiger partial charge is 0.348 e. The Hall–Kier alpha value is -2.49. The molecule has 2 heterocycles. The number of hydrogen-bond donors (Lipinski definition) is 2. The van der Waals surface area contributed by atoms with Crippen LogP contribution in [0, 0.1) is 0 Å². The molecule has 1 aliphatic heterocycles. The number of ether oxygens (including phenoxy) is 2. The molecule has 8 nitrogen and oxygen atoms in total. The predicted octanol–water partition coefficient (Wildman–Crippen LogP) is 5.05. The molecule has 0 saturated carbocycles. The second-order valence-electron chi connectivity index (χ2n) is 7.64. The number of carbonyl (C=O) groups excluding carboxylic acids is 1. The summed E-state index contributed by atoms with van der Waals surface area (Å²) in [6.07, 6.45) is 0. The summed E-state index contributed by atoms with van der Waals surface area (Å²) >= 11 is 4.64. The highest BCUT2D eigenvalue weighted by Gasteiger charge is 2.38. The fourth-order valence-corrected chi connectivity index (χ4v) is 7.84. The molecule has 0 radical (unpaired) electrons. The number of amidine groups is 1. The van der Waals surface area contributed by atoms with Gasteiger partial charge in [0.15, 0.2) is 0 Å². The van der Waals surface area contributed by atoms with Crippen molar-refractivity contribution in [3.8, 4) is 0 Å². The lowest BCUT2D eigenvalue weighted by molar-refractivity contribution is 0.0606. The number of hydrogen-bond acceptors (Lipinski definition) is 6. The molecule has 35 heavy (non-hydrogen) atoms. The van der Waals surface area contributed by atoms with Gasteiger partial charge in [-0.25, -0.2) is 9.46 Å². The molecule has 4 rings (SSSR count). The molecule has 1 saturated heterocycles. The van der Waals surface area contributed by atoms with Crippen LogP contribution in [0.5, 0.6) is 0 Å². The first-order valence-corrected chi connectivity index (χ1v) is 14.2. The summed E-state index contributed by atoms with van der Waals surface area (Å²) in [5.41, 5.74) is 1.57. The molecule has 1 aliphatic rings. The van der Waals surface area contributed by atoms with Gasteiger partial charge in [0.2, 0.25) is 0 Å². The first-order chi connectivity index (χ1) is 16.9. The number of anilines is 2. The van der Waals surface area contributed by atoms with Crippen molar-refractivity contribution in [1.82, 2.24) is 4.67 Å². The number of carbonyl (C=O) groups is 1. The third-order valence-electron chi connectivity index (χ3n) is 5.44. The minimum atomic E-state index is -3.44. The van der Waals surface area contributed by atoms with Crippen LogP contribution in [-0.4, -0.2) is 56.9 Å². The van der Waals surface area contributed by atoms with Gasteiger partial charge in [0.1, 0.15) is 15.7 Å². The van der Waals surface area contributed by atoms with Crippen LogP contribution in [-0.2, 0) is 14.0 Å². The number of rotatable bonds is 7. The number of nitrogens with zero attached hydrogens (tertiary/aromatic N) is 2. The number of benzene rings is 2. The Morgan fingerprint density at radius 2 is 1.83 bits per heavy atom. The lowest BCUT2D eigenvalue weighted by Crippen LogP contribution is -2.39. The summed E-state index contributed by atoms with van der Waals surface area (Å²) in [6.45, 7) is 1.90. The Bertz CT molecular complexity index is 1240. The largest absolute Gasteiger partial charge is 0.465 e. The van der Waals surface area contributed by atoms with Crippen LogP contribution in [0.4, 0.5) is 10.7 Å². The van der Waals surface area contributed by atoms with Crippen molar-refractivity contribution in [2.75, 3.05) is 50.9 Å². The molecule has 0 spiro atoms. The van der Waals surface area contributed by atoms with Gasteiger partial charge in [0.25, 0.3) is 7.44 Å². The first-order valence-electron chi connectivity index (χ1n) is 10.9. The molecule has 1 aromatic heterocycles. The van der Waals surface area contributed by atoms with Gasteiger partial charge in [0, 0.05) is 35.9 Å². The molecule has 0 bridgehead atoms. The van der Waals surface area contributed by atoms with E-state index in [1.54, 1.807) is 13.1 Å². The lowest BCUT2D eigenvalue weighted by atomic mass is 10.2. The molecule has 0 amide bonds. The third kappa shape index (κ3) is 5.85. The average molecular weight is 577 g/mol. The normalized spacial score (nSPS) is 16.4. The maximum absolute atomic E-state index is 14.9. The van der Waals surface area contributed by atoms with Crippen LogP contribution in [0.25, 0.3) is 0 Å². The zero-order valence-electron chi connectivity index (χ0n) is 19.4. The van der Waals surface area contributed by atoms with Gasteiger partial charge in [-0.3, -0.25) is 9.56 Å². The molecule has 1 fully saturated rings. The van der Waals surface area contributed by atoms with Crippen molar-refractivity contribution in [2.45, 2.75) is 0 Å². The van der Waals surface area contributed by atoms with E-state index >= 15 is 0 Å². The molecule has 1 atom stereocenters. The fourth-order valence-electron chi connectivity index (χ4n) is 3.68. The number of thiophene rings is 1. The zero-order chi connectivity index (χ0) is 24.8. The Morgan fingerprint density at radius 1 is 1.14 bits per heavy atom. The van der Waals surface area contributed by atoms with Gasteiger partial charge in [-0.15, -0.1) is 11.3 Å². The van der Waals surface area contributed by atoms with Crippen molar-refractivity contribution in [3.05, 3.63) is 75.6 Å². The van der Waals surface area contributed by atoms with E-state index in [0.29, 0.717) is 53.0 Å². The highest BCUT2D eigenvalue weighted by molar-refractivity contribution is 9.10. The topological polar surface area (TPSA) is 92.3 Å². The summed E-state index contributed by atoms with van der Waals surface area (Å²) in [5.74, 6) is 0.110. The second kappa shape index (κ2) is 11.5. The number of nitrogens with one attached hydrogen (secondary N) is 2. The van der Waals surface area contributed by atoms with Crippen molar-refractivity contribution in [1.29, 1.82) is 0 Å². The maximum Gasteiger partial charge on any atom is 0.348 e. The van der Waals surface area contributed by atoms with Crippen LogP contribution >= 0.6 is 34.7 Å². The predicted molar refractivity (Wildman–Crippen MR) is 146 cm³/mol. The highest BCUT2D eigenvalue weighted by atomic mass is 79.9. The highest BCUT2D eigenvalue weighted by Crippen LogP contribution is 2.52. The lowest BCUT2D eigenvalue weighted by Gasteiger charge is -2.35. The van der Waals surface area contributed by atoms with Gasteiger partial charge < -0.3 is 19.9 Å². The number of aliphatic imine (C=N–C) groups is 1. The van der Waals surface area contributed by atoms with Crippen molar-refractivity contribution in [2.24, 2.45) is 4.99 Å². The van der Waals surface area contributed by atoms with Crippen LogP contribution < -0.4 is 15.7 Å². The Morgan fingerprint density at radius 3 is 2.46 bits per heavy atom. The average Bonchev–Trinajstić information content (AvgIpc) is 3.33. The summed E-state index contributed by atoms with van der Waals surface area (Å²) in [4.78, 5) is 17.2. The molecule has 184 valence electrons. The Labute approximate surface area is 217 Å². The van der Waals surface area contributed by atoms with Crippen molar-refractivity contribution < 1.29 is 18.8 Å². The summed E-state index contributed by atoms with van der Waals surface area (Å²) in [5, 5.41) is 7.68. The molecule has 3 aromatic rings. The van der Waals surface area contributed by atoms with E-state index < -0.39 is 13.4 Å². The summed E-state index contributed by atoms with van der Waals surface area (Å²) in [6, 6.07) is 18.8. The minimum absolute atomic E-state index is 0.347. The number of methoxy groups -OCH3 is 1. The fraction of sp³-hybridized carbons (Fsp3) is 0.250. The maximum atomic E-state index is 14.9. The van der Waals surface area contributed by atoms with E-state index in [1.165, 1.54) is 18.4 Å². The monoisotopic (exact) mass is 576 g/mol. The molecular formula is C24H26BrN4O4PS. The van der Waals surface area contributed by atoms with Gasteiger partial charge >= 0.3 is 5.97 Å². The van der Waals surface area contributed by atoms with Crippen molar-refractivity contribution >= 4 is 62.5 Å². The van der Waals surface area contributed by atoms with E-state index in [0.717, 1.165) is 10.0 Å². The van der Waals surface area contributed by atoms with E-state index in [4.69, 9.17) is 9.47 Å². The van der Waals surface area contributed by atoms with Crippen LogP contribution in [0.2, 0.25) is 0 Å². The van der Waals surface area contributed by atoms with Crippen molar-refractivity contribution in [3.63, 3.8) is 0 Å². The van der Waals surface area contributed by atoms with Gasteiger partial charge in [0.05, 0.1) is 25.6 Å². The van der Waals surface area contributed by atoms with Gasteiger partial charge in [-0.05, 0) is 30.3 Å². The minimum Gasteiger partial charge on any atom is -0.465 e. The van der Waals surface area contributed by atoms with E-state index in [9.17, 15) is 9.36 Å². The SMILES string of the molecule is CN=C(Nc1sc(C(=O)OC)cc1[P@@](=O)(Nc1ccc(Br)cc1)N1CCOCC1)c1ccccc1. The van der Waals surface area contributed by atoms with Gasteiger partial charge in [-0.2, -0.15) is 0 Å². The number of esters is 1. The van der Waals surface area contributed by atoms with Gasteiger partial charge in [-0.1, -0.05) is 46.3 Å². The Balaban J connectivity index is 1.81. The zero-order valence-corrected chi connectivity index (χ0v) is 22.7. The molecule has 2 N–H and O–H groups in total. The summed E-state index contributed by atoms with van der Waals surface area (Å²) < 4.78 is 28.2. The molecular weight excluding hydrogens is 551 g/mol. The third-order valence-corrected chi connectivity index (χ3v) is 9.91. The van der Waals surface area contributed by atoms with Crippen LogP contribution in [0.15, 0.2) is 70.1 Å². The van der Waals surface area contributed by atoms with E-state index in [1.807, 2.05) is 59.3 Å². The molecule has 0 unspecified atom stereocenters. The molecule has 11 heteroatoms. The Kier molecular flexibility index (Phi) is 8.41. The second-order valence-corrected chi connectivity index (χ2v) is 12.0. The quantitative estimate of drug-likeness (QED) is 0.176. The van der Waals surface area contributed by atoms with E-state index in [-0.39, 0.29) is 0 Å². The van der Waals surface area contributed by atoms with Crippen LogP contribution in [0.1, 0.15) is 15.2 Å². The number of morpholine rings is 1. The molecule has 2 aromatic carbocycles. The standard InChI is InChI=1S/C24H26BrN4O4PS/c1-26-22(17-6-4-3-5-7-17)27-23-20(16-21(35-23)24(30)32-2)34(31,29-12-14-33-15-13-29)28-19-10-8-18(25)9-11-19/h3-11,16H,12-15H2,1-2H3,(H,26,27)(H,28,31)/t34-/m1/s1. The van der Waals surface area contributed by atoms with Crippen LogP contribution in [0.3, 0.4) is 0 Å². The summed E-state index contributed by atoms with van der Waals surface area (Å²) in [7, 11) is -0.418. The first kappa shape index (κ1) is 25.6. The number of halogens is 1. The molecule has 0 aliphatic carbocycles. The van der Waals surface area contributed by atoms with E-state index in [2.05, 4.69) is 31.3 Å².